The quantitative estimate of drug-likeness (QED) is 0.512. The summed E-state index contributed by atoms with van der Waals surface area (Å²) in [5, 5.41) is 30.3. The van der Waals surface area contributed by atoms with Crippen LogP contribution in [-0.4, -0.2) is 33.3 Å². The maximum absolute atomic E-state index is 10.6. The van der Waals surface area contributed by atoms with Crippen LogP contribution in [0.3, 0.4) is 0 Å². The Morgan fingerprint density at radius 1 is 1.03 bits per heavy atom. The van der Waals surface area contributed by atoms with Gasteiger partial charge < -0.3 is 15.3 Å². The molecular formula is C25H34O3S. The van der Waals surface area contributed by atoms with Gasteiger partial charge in [-0.3, -0.25) is 0 Å². The Morgan fingerprint density at radius 2 is 1.76 bits per heavy atom. The molecule has 0 bridgehead atoms. The van der Waals surface area contributed by atoms with Gasteiger partial charge >= 0.3 is 0 Å². The van der Waals surface area contributed by atoms with Crippen LogP contribution in [0.2, 0.25) is 0 Å². The monoisotopic (exact) mass is 414 g/mol. The van der Waals surface area contributed by atoms with Gasteiger partial charge in [-0.1, -0.05) is 50.1 Å². The molecule has 3 N–H and O–H groups in total. The third-order valence-corrected chi connectivity index (χ3v) is 7.40. The van der Waals surface area contributed by atoms with Gasteiger partial charge in [-0.15, -0.1) is 11.8 Å². The average molecular weight is 415 g/mol. The summed E-state index contributed by atoms with van der Waals surface area (Å²) in [6.45, 7) is 4.33. The van der Waals surface area contributed by atoms with E-state index >= 15 is 0 Å². The summed E-state index contributed by atoms with van der Waals surface area (Å²) in [5.74, 6) is 0.292. The van der Waals surface area contributed by atoms with Gasteiger partial charge in [0.2, 0.25) is 0 Å². The first-order valence-corrected chi connectivity index (χ1v) is 11.8. The first kappa shape index (κ1) is 22.2. The molecule has 1 saturated heterocycles. The number of aliphatic hydroxyl groups is 2. The highest BCUT2D eigenvalue weighted by Crippen LogP contribution is 2.46. The van der Waals surface area contributed by atoms with E-state index < -0.39 is 6.10 Å². The number of aryl methyl sites for hydroxylation is 2. The fraction of sp³-hybridized carbons (Fsp3) is 0.520. The minimum atomic E-state index is -0.428. The Balaban J connectivity index is 1.75. The van der Waals surface area contributed by atoms with Crippen LogP contribution in [0.4, 0.5) is 0 Å². The van der Waals surface area contributed by atoms with E-state index in [-0.39, 0.29) is 17.1 Å². The maximum atomic E-state index is 10.6. The van der Waals surface area contributed by atoms with E-state index in [1.54, 1.807) is 11.8 Å². The second-order valence-electron chi connectivity index (χ2n) is 8.34. The summed E-state index contributed by atoms with van der Waals surface area (Å²) in [5.41, 5.74) is 5.83. The van der Waals surface area contributed by atoms with Crippen molar-refractivity contribution in [3.8, 4) is 5.75 Å². The van der Waals surface area contributed by atoms with Gasteiger partial charge in [0.15, 0.2) is 0 Å². The molecule has 0 spiro atoms. The topological polar surface area (TPSA) is 60.7 Å². The van der Waals surface area contributed by atoms with Crippen molar-refractivity contribution in [3.05, 3.63) is 64.2 Å². The summed E-state index contributed by atoms with van der Waals surface area (Å²) in [6, 6.07) is 12.9. The summed E-state index contributed by atoms with van der Waals surface area (Å²) >= 11 is 1.66. The van der Waals surface area contributed by atoms with Crippen LogP contribution in [0.15, 0.2) is 36.4 Å². The van der Waals surface area contributed by atoms with Gasteiger partial charge in [0, 0.05) is 16.1 Å². The Hall–Kier alpha value is -1.49. The highest BCUT2D eigenvalue weighted by Gasteiger charge is 2.30. The Labute approximate surface area is 179 Å². The van der Waals surface area contributed by atoms with Crippen LogP contribution in [0, 0.1) is 6.92 Å². The molecule has 0 amide bonds. The van der Waals surface area contributed by atoms with E-state index in [4.69, 9.17) is 0 Å². The van der Waals surface area contributed by atoms with E-state index in [9.17, 15) is 15.3 Å². The first-order chi connectivity index (χ1) is 14.0. The predicted molar refractivity (Wildman–Crippen MR) is 122 cm³/mol. The van der Waals surface area contributed by atoms with Crippen LogP contribution < -0.4 is 0 Å². The number of thioether (sulfide) groups is 1. The molecule has 4 heteroatoms. The van der Waals surface area contributed by atoms with Crippen molar-refractivity contribution < 1.29 is 15.3 Å². The van der Waals surface area contributed by atoms with Crippen molar-refractivity contribution in [1.82, 2.24) is 0 Å². The van der Waals surface area contributed by atoms with Crippen molar-refractivity contribution in [2.75, 3.05) is 6.61 Å². The summed E-state index contributed by atoms with van der Waals surface area (Å²) in [6.07, 6.45) is 6.55. The molecule has 0 aliphatic carbocycles. The molecule has 158 valence electrons. The summed E-state index contributed by atoms with van der Waals surface area (Å²) in [7, 11) is 0. The van der Waals surface area contributed by atoms with Crippen molar-refractivity contribution in [1.29, 1.82) is 0 Å². The van der Waals surface area contributed by atoms with Crippen molar-refractivity contribution in [2.45, 2.75) is 75.4 Å². The smallest absolute Gasteiger partial charge is 0.120 e. The van der Waals surface area contributed by atoms with E-state index in [2.05, 4.69) is 37.3 Å². The summed E-state index contributed by atoms with van der Waals surface area (Å²) in [4.78, 5) is 0. The number of unbranched alkanes of at least 4 members (excludes halogenated alkanes) is 2. The number of hydrogen-bond donors (Lipinski definition) is 3. The fourth-order valence-electron chi connectivity index (χ4n) is 4.14. The second kappa shape index (κ2) is 10.5. The van der Waals surface area contributed by atoms with Gasteiger partial charge in [-0.05, 0) is 67.3 Å². The number of hydrogen-bond acceptors (Lipinski definition) is 4. The molecule has 1 fully saturated rings. The molecule has 0 saturated carbocycles. The Bertz CT molecular complexity index is 787. The minimum Gasteiger partial charge on any atom is -0.508 e. The van der Waals surface area contributed by atoms with Crippen molar-refractivity contribution in [3.63, 3.8) is 0 Å². The zero-order valence-electron chi connectivity index (χ0n) is 17.6. The molecule has 3 nitrogen and oxygen atoms in total. The van der Waals surface area contributed by atoms with E-state index in [0.29, 0.717) is 18.6 Å². The standard InChI is InChI=1S/C25H34O3S/c1-3-4-5-6-18-7-9-19(10-8-18)12-20-13-23(24(28)11-17(20)2)25-15-21(27)14-22(16-26)29-25/h7-11,13,21-22,25-28H,3-6,12,14-16H2,1-2H3. The Morgan fingerprint density at radius 3 is 2.45 bits per heavy atom. The van der Waals surface area contributed by atoms with Crippen LogP contribution in [-0.2, 0) is 12.8 Å². The zero-order valence-corrected chi connectivity index (χ0v) is 18.4. The molecule has 3 unspecified atom stereocenters. The SMILES string of the molecule is CCCCCc1ccc(Cc2cc(C3CC(O)CC(CO)S3)c(O)cc2C)cc1. The normalized spacial score (nSPS) is 22.0. The molecule has 2 aromatic carbocycles. The van der Waals surface area contributed by atoms with E-state index in [1.807, 2.05) is 13.0 Å². The molecular weight excluding hydrogens is 380 g/mol. The fourth-order valence-corrected chi connectivity index (χ4v) is 5.69. The number of rotatable bonds is 8. The number of phenolic OH excluding ortho intramolecular Hbond substituents is 1. The lowest BCUT2D eigenvalue weighted by molar-refractivity contribution is 0.137. The second-order valence-corrected chi connectivity index (χ2v) is 9.85. The number of aromatic hydroxyl groups is 1. The lowest BCUT2D eigenvalue weighted by atomic mass is 9.93. The lowest BCUT2D eigenvalue weighted by Crippen LogP contribution is -2.26. The number of benzene rings is 2. The molecule has 1 heterocycles. The van der Waals surface area contributed by atoms with Crippen molar-refractivity contribution in [2.24, 2.45) is 0 Å². The van der Waals surface area contributed by atoms with Gasteiger partial charge in [-0.25, -0.2) is 0 Å². The molecule has 1 aliphatic rings. The van der Waals surface area contributed by atoms with E-state index in [0.717, 1.165) is 24.0 Å². The molecule has 0 aromatic heterocycles. The van der Waals surface area contributed by atoms with Gasteiger partial charge in [0.1, 0.15) is 5.75 Å². The maximum Gasteiger partial charge on any atom is 0.120 e. The van der Waals surface area contributed by atoms with E-state index in [1.165, 1.54) is 36.0 Å². The highest BCUT2D eigenvalue weighted by atomic mass is 32.2. The third kappa shape index (κ3) is 6.00. The lowest BCUT2D eigenvalue weighted by Gasteiger charge is -2.32. The average Bonchev–Trinajstić information content (AvgIpc) is 2.71. The first-order valence-electron chi connectivity index (χ1n) is 10.8. The van der Waals surface area contributed by atoms with Crippen LogP contribution in [0.5, 0.6) is 5.75 Å². The van der Waals surface area contributed by atoms with Crippen molar-refractivity contribution >= 4 is 11.8 Å². The molecule has 0 radical (unpaired) electrons. The van der Waals surface area contributed by atoms with Gasteiger partial charge in [0.25, 0.3) is 0 Å². The molecule has 2 aromatic rings. The third-order valence-electron chi connectivity index (χ3n) is 5.90. The predicted octanol–water partition coefficient (Wildman–Crippen LogP) is 5.31. The zero-order chi connectivity index (χ0) is 20.8. The summed E-state index contributed by atoms with van der Waals surface area (Å²) < 4.78 is 0. The minimum absolute atomic E-state index is 0.0104. The Kier molecular flexibility index (Phi) is 8.05. The molecule has 3 atom stereocenters. The van der Waals surface area contributed by atoms with Crippen LogP contribution in [0.25, 0.3) is 0 Å². The van der Waals surface area contributed by atoms with Crippen LogP contribution >= 0.6 is 11.8 Å². The van der Waals surface area contributed by atoms with Gasteiger partial charge in [0.05, 0.1) is 12.7 Å². The van der Waals surface area contributed by atoms with Crippen LogP contribution in [0.1, 0.15) is 72.1 Å². The largest absolute Gasteiger partial charge is 0.508 e. The van der Waals surface area contributed by atoms with Gasteiger partial charge in [-0.2, -0.15) is 0 Å². The highest BCUT2D eigenvalue weighted by molar-refractivity contribution is 8.00. The molecule has 3 rings (SSSR count). The molecule has 29 heavy (non-hydrogen) atoms. The number of phenols is 1. The number of aliphatic hydroxyl groups excluding tert-OH is 2. The molecule has 1 aliphatic heterocycles.